The second-order valence-corrected chi connectivity index (χ2v) is 4.68. The molecule has 1 N–H and O–H groups in total. The highest BCUT2D eigenvalue weighted by atomic mass is 35.5. The van der Waals surface area contributed by atoms with Crippen molar-refractivity contribution < 1.29 is 0 Å². The molecule has 1 aromatic carbocycles. The molecular formula is C14H16ClN3. The maximum absolute atomic E-state index is 5.97. The fourth-order valence-corrected chi connectivity index (χ4v) is 1.98. The van der Waals surface area contributed by atoms with Gasteiger partial charge in [0.1, 0.15) is 16.8 Å². The van der Waals surface area contributed by atoms with E-state index in [1.165, 1.54) is 11.1 Å². The number of hydrogen-bond donors (Lipinski definition) is 1. The Bertz CT molecular complexity index is 567. The summed E-state index contributed by atoms with van der Waals surface area (Å²) in [6, 6.07) is 7.98. The fraction of sp³-hybridized carbons (Fsp3) is 0.286. The summed E-state index contributed by atoms with van der Waals surface area (Å²) in [7, 11) is 0. The molecule has 0 aliphatic carbocycles. The first-order valence-electron chi connectivity index (χ1n) is 5.96. The van der Waals surface area contributed by atoms with Crippen LogP contribution in [0.3, 0.4) is 0 Å². The molecule has 3 nitrogen and oxygen atoms in total. The molecule has 0 radical (unpaired) electrons. The number of benzene rings is 1. The lowest BCUT2D eigenvalue weighted by Crippen LogP contribution is -2.00. The molecule has 2 rings (SSSR count). The Morgan fingerprint density at radius 1 is 1.17 bits per heavy atom. The summed E-state index contributed by atoms with van der Waals surface area (Å²) >= 11 is 5.97. The van der Waals surface area contributed by atoms with Gasteiger partial charge in [0.05, 0.1) is 0 Å². The third-order valence-electron chi connectivity index (χ3n) is 2.70. The molecule has 0 aliphatic rings. The maximum Gasteiger partial charge on any atom is 0.135 e. The van der Waals surface area contributed by atoms with E-state index in [2.05, 4.69) is 41.3 Å². The van der Waals surface area contributed by atoms with Gasteiger partial charge < -0.3 is 5.32 Å². The minimum absolute atomic E-state index is 0.467. The van der Waals surface area contributed by atoms with Crippen molar-refractivity contribution in [1.82, 2.24) is 9.97 Å². The van der Waals surface area contributed by atoms with E-state index < -0.39 is 0 Å². The molecule has 0 saturated heterocycles. The van der Waals surface area contributed by atoms with Crippen LogP contribution in [0.1, 0.15) is 23.9 Å². The second-order valence-electron chi connectivity index (χ2n) is 4.29. The van der Waals surface area contributed by atoms with Gasteiger partial charge in [0, 0.05) is 18.2 Å². The first-order chi connectivity index (χ1) is 8.58. The molecule has 0 amide bonds. The van der Waals surface area contributed by atoms with Crippen LogP contribution in [-0.2, 0) is 6.42 Å². The van der Waals surface area contributed by atoms with Gasteiger partial charge in [-0.15, -0.1) is 0 Å². The Morgan fingerprint density at radius 2 is 1.94 bits per heavy atom. The molecule has 0 spiro atoms. The summed E-state index contributed by atoms with van der Waals surface area (Å²) in [6.07, 6.45) is 0.766. The Kier molecular flexibility index (Phi) is 3.82. The average molecular weight is 262 g/mol. The van der Waals surface area contributed by atoms with Crippen molar-refractivity contribution in [1.29, 1.82) is 0 Å². The lowest BCUT2D eigenvalue weighted by Gasteiger charge is -2.10. The van der Waals surface area contributed by atoms with Crippen LogP contribution in [0.2, 0.25) is 5.15 Å². The van der Waals surface area contributed by atoms with Gasteiger partial charge in [-0.3, -0.25) is 0 Å². The highest BCUT2D eigenvalue weighted by Crippen LogP contribution is 2.21. The SMILES string of the molecule is CCc1nc(Cl)cc(Nc2ccc(C)cc2C)n1. The minimum Gasteiger partial charge on any atom is -0.340 e. The molecule has 0 saturated carbocycles. The van der Waals surface area contributed by atoms with E-state index in [1.807, 2.05) is 13.0 Å². The van der Waals surface area contributed by atoms with Crippen molar-refractivity contribution in [3.8, 4) is 0 Å². The number of halogens is 1. The van der Waals surface area contributed by atoms with Gasteiger partial charge in [0.2, 0.25) is 0 Å². The van der Waals surface area contributed by atoms with Crippen LogP contribution in [0.15, 0.2) is 24.3 Å². The van der Waals surface area contributed by atoms with Crippen LogP contribution in [0.5, 0.6) is 0 Å². The summed E-state index contributed by atoms with van der Waals surface area (Å²) in [5.41, 5.74) is 3.47. The summed E-state index contributed by atoms with van der Waals surface area (Å²) < 4.78 is 0. The van der Waals surface area contributed by atoms with Crippen molar-refractivity contribution in [2.45, 2.75) is 27.2 Å². The third kappa shape index (κ3) is 2.99. The first kappa shape index (κ1) is 12.8. The number of nitrogens with zero attached hydrogens (tertiary/aromatic N) is 2. The molecule has 4 heteroatoms. The molecule has 0 bridgehead atoms. The van der Waals surface area contributed by atoms with E-state index in [9.17, 15) is 0 Å². The monoisotopic (exact) mass is 261 g/mol. The molecule has 18 heavy (non-hydrogen) atoms. The zero-order valence-electron chi connectivity index (χ0n) is 10.8. The molecule has 1 heterocycles. The average Bonchev–Trinajstić information content (AvgIpc) is 2.32. The van der Waals surface area contributed by atoms with Crippen molar-refractivity contribution >= 4 is 23.1 Å². The smallest absolute Gasteiger partial charge is 0.135 e. The van der Waals surface area contributed by atoms with Gasteiger partial charge in [-0.2, -0.15) is 0 Å². The largest absolute Gasteiger partial charge is 0.340 e. The molecule has 0 unspecified atom stereocenters. The van der Waals surface area contributed by atoms with E-state index in [-0.39, 0.29) is 0 Å². The first-order valence-corrected chi connectivity index (χ1v) is 6.34. The number of aryl methyl sites for hydroxylation is 3. The van der Waals surface area contributed by atoms with Gasteiger partial charge in [0.15, 0.2) is 0 Å². The number of rotatable bonds is 3. The number of aromatic nitrogens is 2. The molecule has 94 valence electrons. The topological polar surface area (TPSA) is 37.8 Å². The summed E-state index contributed by atoms with van der Waals surface area (Å²) in [5.74, 6) is 1.48. The van der Waals surface area contributed by atoms with Crippen LogP contribution >= 0.6 is 11.6 Å². The van der Waals surface area contributed by atoms with Gasteiger partial charge in [0.25, 0.3) is 0 Å². The molecule has 0 aliphatic heterocycles. The quantitative estimate of drug-likeness (QED) is 0.847. The third-order valence-corrected chi connectivity index (χ3v) is 2.90. The van der Waals surface area contributed by atoms with Gasteiger partial charge in [-0.25, -0.2) is 9.97 Å². The summed E-state index contributed by atoms with van der Waals surface area (Å²) in [6.45, 7) is 6.15. The zero-order chi connectivity index (χ0) is 13.1. The minimum atomic E-state index is 0.467. The molecule has 1 aromatic heterocycles. The highest BCUT2D eigenvalue weighted by molar-refractivity contribution is 6.29. The van der Waals surface area contributed by atoms with Crippen LogP contribution < -0.4 is 5.32 Å². The lowest BCUT2D eigenvalue weighted by atomic mass is 10.1. The summed E-state index contributed by atoms with van der Waals surface area (Å²) in [5, 5.41) is 3.75. The number of nitrogens with one attached hydrogen (secondary N) is 1. The molecular weight excluding hydrogens is 246 g/mol. The zero-order valence-corrected chi connectivity index (χ0v) is 11.5. The fourth-order valence-electron chi connectivity index (χ4n) is 1.78. The number of anilines is 2. The normalized spacial score (nSPS) is 10.4. The second kappa shape index (κ2) is 5.36. The lowest BCUT2D eigenvalue weighted by molar-refractivity contribution is 0.943. The van der Waals surface area contributed by atoms with Crippen molar-refractivity contribution in [2.24, 2.45) is 0 Å². The van der Waals surface area contributed by atoms with Crippen molar-refractivity contribution in [2.75, 3.05) is 5.32 Å². The standard InChI is InChI=1S/C14H16ClN3/c1-4-13-17-12(15)8-14(18-13)16-11-6-5-9(2)7-10(11)3/h5-8H,4H2,1-3H3,(H,16,17,18). The Hall–Kier alpha value is -1.61. The van der Waals surface area contributed by atoms with Crippen LogP contribution in [0, 0.1) is 13.8 Å². The van der Waals surface area contributed by atoms with Crippen molar-refractivity contribution in [3.63, 3.8) is 0 Å². The van der Waals surface area contributed by atoms with Crippen LogP contribution in [-0.4, -0.2) is 9.97 Å². The van der Waals surface area contributed by atoms with Gasteiger partial charge >= 0.3 is 0 Å². The Balaban J connectivity index is 2.30. The Labute approximate surface area is 112 Å². The van der Waals surface area contributed by atoms with Gasteiger partial charge in [-0.1, -0.05) is 36.2 Å². The van der Waals surface area contributed by atoms with E-state index in [4.69, 9.17) is 11.6 Å². The molecule has 0 atom stereocenters. The van der Waals surface area contributed by atoms with E-state index in [1.54, 1.807) is 6.07 Å². The van der Waals surface area contributed by atoms with Crippen LogP contribution in [0.4, 0.5) is 11.5 Å². The summed E-state index contributed by atoms with van der Waals surface area (Å²) in [4.78, 5) is 8.55. The predicted molar refractivity (Wildman–Crippen MR) is 75.6 cm³/mol. The van der Waals surface area contributed by atoms with E-state index >= 15 is 0 Å². The van der Waals surface area contributed by atoms with Gasteiger partial charge in [-0.05, 0) is 25.5 Å². The number of hydrogen-bond acceptors (Lipinski definition) is 3. The molecule has 0 fully saturated rings. The van der Waals surface area contributed by atoms with E-state index in [0.717, 1.165) is 23.8 Å². The van der Waals surface area contributed by atoms with Crippen LogP contribution in [0.25, 0.3) is 0 Å². The van der Waals surface area contributed by atoms with Crippen molar-refractivity contribution in [3.05, 3.63) is 46.4 Å². The maximum atomic E-state index is 5.97. The highest BCUT2D eigenvalue weighted by Gasteiger charge is 2.04. The van der Waals surface area contributed by atoms with E-state index in [0.29, 0.717) is 5.15 Å². The predicted octanol–water partition coefficient (Wildman–Crippen LogP) is 4.05. The molecule has 2 aromatic rings. The Morgan fingerprint density at radius 3 is 2.61 bits per heavy atom.